The Labute approximate surface area is 160 Å². The lowest BCUT2D eigenvalue weighted by atomic mass is 10.0. The van der Waals surface area contributed by atoms with Gasteiger partial charge in [-0.05, 0) is 49.5 Å². The number of fused-ring (bicyclic) bond motifs is 1. The molecule has 0 aliphatic carbocycles. The average molecular weight is 373 g/mol. The summed E-state index contributed by atoms with van der Waals surface area (Å²) in [5, 5.41) is 5.33. The van der Waals surface area contributed by atoms with E-state index < -0.39 is 0 Å². The molecule has 0 bridgehead atoms. The first kappa shape index (κ1) is 20.0. The lowest BCUT2D eigenvalue weighted by molar-refractivity contribution is -0.120. The smallest absolute Gasteiger partial charge is 0.224 e. The fraction of sp³-hybridized carbons (Fsp3) is 0.286. The summed E-state index contributed by atoms with van der Waals surface area (Å²) in [6.45, 7) is 2.44. The molecular weight excluding hydrogens is 348 g/mol. The van der Waals surface area contributed by atoms with Crippen molar-refractivity contribution in [1.82, 2.24) is 10.2 Å². The van der Waals surface area contributed by atoms with Gasteiger partial charge in [0.25, 0.3) is 0 Å². The number of hydrogen-bond donors (Lipinski definition) is 1. The number of furan rings is 1. The first-order chi connectivity index (χ1) is 12.0. The number of amides is 1. The molecule has 0 fully saturated rings. The highest BCUT2D eigenvalue weighted by molar-refractivity contribution is 5.90. The van der Waals surface area contributed by atoms with Crippen molar-refractivity contribution >= 4 is 29.1 Å². The van der Waals surface area contributed by atoms with Crippen LogP contribution >= 0.6 is 12.4 Å². The second-order valence-corrected chi connectivity index (χ2v) is 6.55. The van der Waals surface area contributed by atoms with Crippen LogP contribution in [0.15, 0.2) is 59.0 Å². The molecule has 4 nitrogen and oxygen atoms in total. The van der Waals surface area contributed by atoms with Crippen LogP contribution in [0.1, 0.15) is 23.1 Å². The van der Waals surface area contributed by atoms with Gasteiger partial charge in [0.1, 0.15) is 11.5 Å². The molecule has 3 aromatic rings. The Morgan fingerprint density at radius 2 is 1.81 bits per heavy atom. The highest BCUT2D eigenvalue weighted by Crippen LogP contribution is 2.21. The number of carbonyl (C=O) groups excluding carboxylic acids is 1. The number of hydrogen-bond acceptors (Lipinski definition) is 3. The van der Waals surface area contributed by atoms with Gasteiger partial charge in [-0.3, -0.25) is 9.69 Å². The van der Waals surface area contributed by atoms with Gasteiger partial charge in [-0.15, -0.1) is 12.4 Å². The molecule has 1 N–H and O–H groups in total. The van der Waals surface area contributed by atoms with Gasteiger partial charge >= 0.3 is 0 Å². The molecular formula is C21H25ClN2O2. The minimum Gasteiger partial charge on any atom is -0.465 e. The van der Waals surface area contributed by atoms with Gasteiger partial charge in [0.05, 0.1) is 12.5 Å². The molecule has 1 aromatic heterocycles. The molecule has 5 heteroatoms. The van der Waals surface area contributed by atoms with Crippen LogP contribution in [0, 0.1) is 6.92 Å². The number of nitrogens with zero attached hydrogens (tertiary/aromatic N) is 1. The maximum Gasteiger partial charge on any atom is 0.224 e. The second-order valence-electron chi connectivity index (χ2n) is 6.55. The largest absolute Gasteiger partial charge is 0.465 e. The van der Waals surface area contributed by atoms with Crippen molar-refractivity contribution in [2.24, 2.45) is 0 Å². The number of aryl methyl sites for hydroxylation is 1. The van der Waals surface area contributed by atoms with Crippen LogP contribution in [-0.4, -0.2) is 31.4 Å². The molecule has 0 saturated carbocycles. The summed E-state index contributed by atoms with van der Waals surface area (Å²) >= 11 is 0. The van der Waals surface area contributed by atoms with E-state index >= 15 is 0 Å². The van der Waals surface area contributed by atoms with E-state index in [2.05, 4.69) is 28.4 Å². The molecule has 0 aliphatic heterocycles. The number of carbonyl (C=O) groups is 1. The lowest BCUT2D eigenvalue weighted by Gasteiger charge is -2.22. The van der Waals surface area contributed by atoms with E-state index in [9.17, 15) is 4.79 Å². The normalized spacial score (nSPS) is 12.0. The van der Waals surface area contributed by atoms with Gasteiger partial charge in [-0.2, -0.15) is 0 Å². The monoisotopic (exact) mass is 372 g/mol. The van der Waals surface area contributed by atoms with Crippen molar-refractivity contribution in [3.8, 4) is 0 Å². The van der Waals surface area contributed by atoms with Crippen molar-refractivity contribution in [2.75, 3.05) is 20.6 Å². The van der Waals surface area contributed by atoms with Crippen molar-refractivity contribution in [3.63, 3.8) is 0 Å². The third-order valence-corrected chi connectivity index (χ3v) is 4.44. The predicted molar refractivity (Wildman–Crippen MR) is 108 cm³/mol. The van der Waals surface area contributed by atoms with E-state index in [1.54, 1.807) is 0 Å². The summed E-state index contributed by atoms with van der Waals surface area (Å²) < 4.78 is 5.72. The summed E-state index contributed by atoms with van der Waals surface area (Å²) in [6.07, 6.45) is 0.374. The van der Waals surface area contributed by atoms with E-state index in [1.165, 1.54) is 0 Å². The molecule has 1 amide bonds. The SMILES string of the molecule is Cc1ccc(C(CNC(=O)Cc2cccc3ccccc23)N(C)C)o1.Cl. The number of halogens is 1. The average Bonchev–Trinajstić information content (AvgIpc) is 3.01. The van der Waals surface area contributed by atoms with E-state index in [1.807, 2.05) is 57.4 Å². The zero-order valence-electron chi connectivity index (χ0n) is 15.4. The Balaban J connectivity index is 0.00000243. The third kappa shape index (κ3) is 4.65. The molecule has 138 valence electrons. The maximum atomic E-state index is 12.5. The maximum absolute atomic E-state index is 12.5. The number of likely N-dealkylation sites (N-methyl/N-ethyl adjacent to an activating group) is 1. The predicted octanol–water partition coefficient (Wildman–Crippen LogP) is 4.12. The summed E-state index contributed by atoms with van der Waals surface area (Å²) in [6, 6.07) is 18.2. The zero-order chi connectivity index (χ0) is 17.8. The van der Waals surface area contributed by atoms with Crippen LogP contribution in [0.3, 0.4) is 0 Å². The summed E-state index contributed by atoms with van der Waals surface area (Å²) in [5.41, 5.74) is 1.05. The van der Waals surface area contributed by atoms with Crippen molar-refractivity contribution in [1.29, 1.82) is 0 Å². The van der Waals surface area contributed by atoms with Crippen LogP contribution < -0.4 is 5.32 Å². The molecule has 1 atom stereocenters. The van der Waals surface area contributed by atoms with Crippen LogP contribution in [0.25, 0.3) is 10.8 Å². The highest BCUT2D eigenvalue weighted by Gasteiger charge is 2.18. The Hall–Kier alpha value is -2.30. The highest BCUT2D eigenvalue weighted by atomic mass is 35.5. The minimum absolute atomic E-state index is 0. The van der Waals surface area contributed by atoms with Gasteiger partial charge in [0.15, 0.2) is 0 Å². The van der Waals surface area contributed by atoms with Gasteiger partial charge < -0.3 is 9.73 Å². The molecule has 3 rings (SSSR count). The van der Waals surface area contributed by atoms with Gasteiger partial charge in [-0.1, -0.05) is 42.5 Å². The molecule has 1 unspecified atom stereocenters. The Morgan fingerprint density at radius 3 is 2.50 bits per heavy atom. The van der Waals surface area contributed by atoms with Crippen LogP contribution in [-0.2, 0) is 11.2 Å². The van der Waals surface area contributed by atoms with Crippen molar-refractivity contribution in [2.45, 2.75) is 19.4 Å². The molecule has 0 radical (unpaired) electrons. The topological polar surface area (TPSA) is 45.5 Å². The fourth-order valence-electron chi connectivity index (χ4n) is 3.06. The molecule has 1 heterocycles. The Bertz CT molecular complexity index is 868. The molecule has 0 spiro atoms. The Kier molecular flexibility index (Phi) is 6.83. The number of benzene rings is 2. The van der Waals surface area contributed by atoms with E-state index in [0.29, 0.717) is 13.0 Å². The molecule has 0 saturated heterocycles. The quantitative estimate of drug-likeness (QED) is 0.707. The van der Waals surface area contributed by atoms with Crippen LogP contribution in [0.5, 0.6) is 0 Å². The minimum atomic E-state index is 0. The number of nitrogens with one attached hydrogen (secondary N) is 1. The molecule has 0 aliphatic rings. The standard InChI is InChI=1S/C21H24N2O2.ClH/c1-15-11-12-20(25-15)19(23(2)3)14-22-21(24)13-17-9-6-8-16-7-4-5-10-18(16)17;/h4-12,19H,13-14H2,1-3H3,(H,22,24);1H. The third-order valence-electron chi connectivity index (χ3n) is 4.44. The van der Waals surface area contributed by atoms with Crippen molar-refractivity contribution in [3.05, 3.63) is 71.7 Å². The van der Waals surface area contributed by atoms with E-state index in [4.69, 9.17) is 4.42 Å². The van der Waals surface area contributed by atoms with Crippen molar-refractivity contribution < 1.29 is 9.21 Å². The molecule has 2 aromatic carbocycles. The van der Waals surface area contributed by atoms with E-state index in [0.717, 1.165) is 27.9 Å². The molecule has 26 heavy (non-hydrogen) atoms. The second kappa shape index (κ2) is 8.88. The summed E-state index contributed by atoms with van der Waals surface area (Å²) in [4.78, 5) is 14.5. The first-order valence-corrected chi connectivity index (χ1v) is 8.50. The zero-order valence-corrected chi connectivity index (χ0v) is 16.2. The lowest BCUT2D eigenvalue weighted by Crippen LogP contribution is -2.35. The van der Waals surface area contributed by atoms with Gasteiger partial charge in [-0.25, -0.2) is 0 Å². The van der Waals surface area contributed by atoms with Crippen LogP contribution in [0.2, 0.25) is 0 Å². The fourth-order valence-corrected chi connectivity index (χ4v) is 3.06. The van der Waals surface area contributed by atoms with Crippen LogP contribution in [0.4, 0.5) is 0 Å². The Morgan fingerprint density at radius 1 is 1.08 bits per heavy atom. The summed E-state index contributed by atoms with van der Waals surface area (Å²) in [7, 11) is 3.97. The van der Waals surface area contributed by atoms with Gasteiger partial charge in [0, 0.05) is 6.54 Å². The first-order valence-electron chi connectivity index (χ1n) is 8.50. The number of rotatable bonds is 6. The van der Waals surface area contributed by atoms with E-state index in [-0.39, 0.29) is 24.4 Å². The van der Waals surface area contributed by atoms with Gasteiger partial charge in [0.2, 0.25) is 5.91 Å². The summed E-state index contributed by atoms with van der Waals surface area (Å²) in [5.74, 6) is 1.77.